The number of terminal acetylenes is 1. The molecule has 0 saturated heterocycles. The molecule has 1 N–H and O–H groups in total. The lowest BCUT2D eigenvalue weighted by atomic mass is 10.2. The quantitative estimate of drug-likeness (QED) is 0.466. The highest BCUT2D eigenvalue weighted by atomic mass is 32.2. The lowest BCUT2D eigenvalue weighted by molar-refractivity contribution is 0.0562. The van der Waals surface area contributed by atoms with Crippen LogP contribution in [0.3, 0.4) is 0 Å². The molecule has 0 spiro atoms. The molecule has 1 atom stereocenters. The Kier molecular flexibility index (Phi) is 6.40. The van der Waals surface area contributed by atoms with Gasteiger partial charge in [0.1, 0.15) is 5.76 Å². The smallest absolute Gasteiger partial charge is 0.373 e. The zero-order valence-corrected chi connectivity index (χ0v) is 11.4. The van der Waals surface area contributed by atoms with E-state index >= 15 is 0 Å². The first-order chi connectivity index (χ1) is 8.69. The summed E-state index contributed by atoms with van der Waals surface area (Å²) in [7, 11) is 1.33. The molecule has 1 heterocycles. The largest absolute Gasteiger partial charge is 0.463 e. The maximum atomic E-state index is 11.2. The monoisotopic (exact) mass is 267 g/mol. The Labute approximate surface area is 111 Å². The number of methoxy groups -OCH3 is 1. The summed E-state index contributed by atoms with van der Waals surface area (Å²) in [4.78, 5) is 11.2. The van der Waals surface area contributed by atoms with Crippen molar-refractivity contribution in [1.82, 2.24) is 5.32 Å². The molecule has 1 aromatic heterocycles. The number of ether oxygens (including phenoxy) is 1. The first-order valence-corrected chi connectivity index (χ1v) is 6.77. The van der Waals surface area contributed by atoms with Gasteiger partial charge in [-0.2, -0.15) is 0 Å². The highest BCUT2D eigenvalue weighted by Gasteiger charge is 2.14. The standard InChI is InChI=1S/C13H17NO3S/c1-4-8-18-9-7-14-10(2)11-5-6-12(17-11)13(15)16-3/h1,5-6,10,14H,7-9H2,2-3H3. The summed E-state index contributed by atoms with van der Waals surface area (Å²) in [6, 6.07) is 3.44. The molecule has 18 heavy (non-hydrogen) atoms. The van der Waals surface area contributed by atoms with Gasteiger partial charge < -0.3 is 14.5 Å². The molecule has 1 rings (SSSR count). The number of furan rings is 1. The Morgan fingerprint density at radius 3 is 3.11 bits per heavy atom. The fourth-order valence-corrected chi connectivity index (χ4v) is 1.90. The first kappa shape index (κ1) is 14.7. The zero-order valence-electron chi connectivity index (χ0n) is 10.6. The summed E-state index contributed by atoms with van der Waals surface area (Å²) in [5.74, 6) is 4.73. The van der Waals surface area contributed by atoms with Gasteiger partial charge in [-0.25, -0.2) is 4.79 Å². The van der Waals surface area contributed by atoms with Crippen LogP contribution in [0.1, 0.15) is 29.3 Å². The van der Waals surface area contributed by atoms with Crippen LogP contribution in [0, 0.1) is 12.3 Å². The van der Waals surface area contributed by atoms with E-state index in [9.17, 15) is 4.79 Å². The van der Waals surface area contributed by atoms with Crippen LogP contribution in [-0.2, 0) is 4.74 Å². The molecule has 0 aliphatic heterocycles. The van der Waals surface area contributed by atoms with Crippen LogP contribution in [0.2, 0.25) is 0 Å². The summed E-state index contributed by atoms with van der Waals surface area (Å²) < 4.78 is 9.98. The summed E-state index contributed by atoms with van der Waals surface area (Å²) in [5.41, 5.74) is 0. The van der Waals surface area contributed by atoms with Crippen molar-refractivity contribution < 1.29 is 13.9 Å². The van der Waals surface area contributed by atoms with E-state index in [1.54, 1.807) is 23.9 Å². The van der Waals surface area contributed by atoms with Crippen molar-refractivity contribution in [3.8, 4) is 12.3 Å². The minimum absolute atomic E-state index is 0.0508. The van der Waals surface area contributed by atoms with Crippen molar-refractivity contribution in [3.05, 3.63) is 23.7 Å². The molecule has 0 aliphatic carbocycles. The molecule has 5 heteroatoms. The van der Waals surface area contributed by atoms with Crippen molar-refractivity contribution in [1.29, 1.82) is 0 Å². The molecule has 0 fully saturated rings. The minimum Gasteiger partial charge on any atom is -0.463 e. The van der Waals surface area contributed by atoms with Crippen molar-refractivity contribution >= 4 is 17.7 Å². The Morgan fingerprint density at radius 2 is 2.44 bits per heavy atom. The van der Waals surface area contributed by atoms with Gasteiger partial charge in [0, 0.05) is 12.3 Å². The molecule has 0 bridgehead atoms. The third-order valence-electron chi connectivity index (χ3n) is 2.32. The second-order valence-electron chi connectivity index (χ2n) is 3.63. The Hall–Kier alpha value is -1.38. The molecule has 0 amide bonds. The molecule has 4 nitrogen and oxygen atoms in total. The SMILES string of the molecule is C#CCSCCNC(C)c1ccc(C(=O)OC)o1. The van der Waals surface area contributed by atoms with E-state index < -0.39 is 5.97 Å². The maximum Gasteiger partial charge on any atom is 0.373 e. The van der Waals surface area contributed by atoms with E-state index in [1.807, 2.05) is 6.92 Å². The number of carbonyl (C=O) groups is 1. The van der Waals surface area contributed by atoms with Gasteiger partial charge in [0.05, 0.1) is 18.9 Å². The normalized spacial score (nSPS) is 11.8. The van der Waals surface area contributed by atoms with Crippen molar-refractivity contribution in [3.63, 3.8) is 0 Å². The van der Waals surface area contributed by atoms with Crippen LogP contribution >= 0.6 is 11.8 Å². The second kappa shape index (κ2) is 7.85. The van der Waals surface area contributed by atoms with E-state index in [0.29, 0.717) is 0 Å². The molecule has 0 aromatic carbocycles. The average molecular weight is 267 g/mol. The summed E-state index contributed by atoms with van der Waals surface area (Å²) >= 11 is 1.70. The molecule has 1 aromatic rings. The van der Waals surface area contributed by atoms with Crippen LogP contribution < -0.4 is 5.32 Å². The highest BCUT2D eigenvalue weighted by molar-refractivity contribution is 7.99. The van der Waals surface area contributed by atoms with Gasteiger partial charge in [-0.15, -0.1) is 18.2 Å². The molecular formula is C13H17NO3S. The number of hydrogen-bond donors (Lipinski definition) is 1. The van der Waals surface area contributed by atoms with Gasteiger partial charge in [-0.3, -0.25) is 0 Å². The number of esters is 1. The number of nitrogens with one attached hydrogen (secondary N) is 1. The number of carbonyl (C=O) groups excluding carboxylic acids is 1. The van der Waals surface area contributed by atoms with Gasteiger partial charge in [0.2, 0.25) is 5.76 Å². The summed E-state index contributed by atoms with van der Waals surface area (Å²) in [6.45, 7) is 2.81. The molecule has 0 radical (unpaired) electrons. The first-order valence-electron chi connectivity index (χ1n) is 5.61. The zero-order chi connectivity index (χ0) is 13.4. The molecule has 98 valence electrons. The average Bonchev–Trinajstić information content (AvgIpc) is 2.87. The fourth-order valence-electron chi connectivity index (χ4n) is 1.38. The van der Waals surface area contributed by atoms with E-state index in [0.717, 1.165) is 23.8 Å². The Morgan fingerprint density at radius 1 is 1.67 bits per heavy atom. The van der Waals surface area contributed by atoms with Gasteiger partial charge in [0.25, 0.3) is 0 Å². The van der Waals surface area contributed by atoms with E-state index in [1.165, 1.54) is 7.11 Å². The summed E-state index contributed by atoms with van der Waals surface area (Å²) in [6.07, 6.45) is 5.16. The lowest BCUT2D eigenvalue weighted by Gasteiger charge is -2.10. The van der Waals surface area contributed by atoms with Gasteiger partial charge in [-0.1, -0.05) is 5.92 Å². The lowest BCUT2D eigenvalue weighted by Crippen LogP contribution is -2.21. The fraction of sp³-hybridized carbons (Fsp3) is 0.462. The molecular weight excluding hydrogens is 250 g/mol. The van der Waals surface area contributed by atoms with E-state index in [4.69, 9.17) is 10.8 Å². The van der Waals surface area contributed by atoms with Gasteiger partial charge >= 0.3 is 5.97 Å². The predicted molar refractivity (Wildman–Crippen MR) is 72.6 cm³/mol. The second-order valence-corrected chi connectivity index (χ2v) is 4.73. The number of thioether (sulfide) groups is 1. The third-order valence-corrected chi connectivity index (χ3v) is 3.19. The highest BCUT2D eigenvalue weighted by Crippen LogP contribution is 2.16. The Balaban J connectivity index is 2.37. The summed E-state index contributed by atoms with van der Waals surface area (Å²) in [5, 5.41) is 3.29. The van der Waals surface area contributed by atoms with Gasteiger partial charge in [0.15, 0.2) is 0 Å². The van der Waals surface area contributed by atoms with Crippen molar-refractivity contribution in [2.24, 2.45) is 0 Å². The maximum absolute atomic E-state index is 11.2. The van der Waals surface area contributed by atoms with Crippen LogP contribution in [0.5, 0.6) is 0 Å². The predicted octanol–water partition coefficient (Wildman–Crippen LogP) is 2.08. The Bertz CT molecular complexity index is 422. The van der Waals surface area contributed by atoms with E-state index in [-0.39, 0.29) is 11.8 Å². The van der Waals surface area contributed by atoms with Crippen LogP contribution in [-0.4, -0.2) is 31.1 Å². The van der Waals surface area contributed by atoms with Gasteiger partial charge in [-0.05, 0) is 19.1 Å². The molecule has 0 saturated carbocycles. The molecule has 0 aliphatic rings. The van der Waals surface area contributed by atoms with Crippen molar-refractivity contribution in [2.45, 2.75) is 13.0 Å². The van der Waals surface area contributed by atoms with Crippen LogP contribution in [0.15, 0.2) is 16.5 Å². The van der Waals surface area contributed by atoms with Crippen LogP contribution in [0.4, 0.5) is 0 Å². The number of hydrogen-bond acceptors (Lipinski definition) is 5. The van der Waals surface area contributed by atoms with Crippen molar-refractivity contribution in [2.75, 3.05) is 25.2 Å². The van der Waals surface area contributed by atoms with Crippen LogP contribution in [0.25, 0.3) is 0 Å². The minimum atomic E-state index is -0.460. The molecule has 1 unspecified atom stereocenters. The number of rotatable bonds is 7. The third kappa shape index (κ3) is 4.47. The topological polar surface area (TPSA) is 51.5 Å². The van der Waals surface area contributed by atoms with E-state index in [2.05, 4.69) is 16.0 Å².